The Hall–Kier alpha value is -3.66. The van der Waals surface area contributed by atoms with Crippen molar-refractivity contribution in [1.29, 1.82) is 0 Å². The van der Waals surface area contributed by atoms with E-state index in [9.17, 15) is 10.1 Å². The van der Waals surface area contributed by atoms with Gasteiger partial charge in [-0.25, -0.2) is 0 Å². The van der Waals surface area contributed by atoms with Crippen LogP contribution in [0.1, 0.15) is 29.5 Å². The largest absolute Gasteiger partial charge is 0.378 e. The average molecular weight is 392 g/mol. The van der Waals surface area contributed by atoms with Gasteiger partial charge in [-0.3, -0.25) is 10.1 Å². The van der Waals surface area contributed by atoms with E-state index in [4.69, 9.17) is 0 Å². The van der Waals surface area contributed by atoms with E-state index in [1.165, 1.54) is 27.1 Å². The standard InChI is InChI=1S/C26H20N2O2/c29-28(30)18-12-13-24-23(15-18)21-10-5-11-22(21)26(27-24)25-19-8-3-1-6-16(19)14-17-7-2-4-9-20(17)25/h1-10,12-15,21-22,26-27H,11H2/t21-,22+,26-/m1/s1. The maximum Gasteiger partial charge on any atom is 0.269 e. The fourth-order valence-corrected chi connectivity index (χ4v) is 5.37. The summed E-state index contributed by atoms with van der Waals surface area (Å²) in [7, 11) is 0. The molecule has 1 aliphatic heterocycles. The Labute approximate surface area is 174 Å². The van der Waals surface area contributed by atoms with Crippen molar-refractivity contribution in [2.75, 3.05) is 5.32 Å². The van der Waals surface area contributed by atoms with Crippen LogP contribution in [0.5, 0.6) is 0 Å². The average Bonchev–Trinajstić information content (AvgIpc) is 3.27. The predicted octanol–water partition coefficient (Wildman–Crippen LogP) is 6.73. The molecule has 146 valence electrons. The van der Waals surface area contributed by atoms with Gasteiger partial charge >= 0.3 is 0 Å². The predicted molar refractivity (Wildman–Crippen MR) is 121 cm³/mol. The summed E-state index contributed by atoms with van der Waals surface area (Å²) in [6.07, 6.45) is 5.42. The minimum Gasteiger partial charge on any atom is -0.378 e. The molecule has 30 heavy (non-hydrogen) atoms. The minimum absolute atomic E-state index is 0.134. The van der Waals surface area contributed by atoms with Gasteiger partial charge in [-0.05, 0) is 57.1 Å². The maximum absolute atomic E-state index is 11.3. The Morgan fingerprint density at radius 1 is 0.900 bits per heavy atom. The number of nitrogens with zero attached hydrogens (tertiary/aromatic N) is 1. The number of non-ortho nitro benzene ring substituents is 1. The molecule has 4 aromatic carbocycles. The molecule has 0 aromatic heterocycles. The van der Waals surface area contributed by atoms with E-state index in [0.717, 1.165) is 17.7 Å². The Bertz CT molecular complexity index is 1300. The monoisotopic (exact) mass is 392 g/mol. The molecule has 0 bridgehead atoms. The smallest absolute Gasteiger partial charge is 0.269 e. The third-order valence-corrected chi connectivity index (χ3v) is 6.68. The first kappa shape index (κ1) is 17.2. The van der Waals surface area contributed by atoms with Gasteiger partial charge in [0.05, 0.1) is 11.0 Å². The molecule has 1 N–H and O–H groups in total. The first-order valence-corrected chi connectivity index (χ1v) is 10.3. The molecule has 0 saturated heterocycles. The van der Waals surface area contributed by atoms with Crippen LogP contribution in [0.25, 0.3) is 21.5 Å². The molecular weight excluding hydrogens is 372 g/mol. The summed E-state index contributed by atoms with van der Waals surface area (Å²) in [5.41, 5.74) is 3.51. The SMILES string of the molecule is O=[N+]([O-])c1ccc2c(c1)[C@@H]1C=CC[C@@H]1[C@H](c1c3ccccc3cc3ccccc13)N2. The van der Waals surface area contributed by atoms with Gasteiger partial charge in [0.2, 0.25) is 0 Å². The van der Waals surface area contributed by atoms with Crippen molar-refractivity contribution in [3.8, 4) is 0 Å². The lowest BCUT2D eigenvalue weighted by Crippen LogP contribution is -2.29. The van der Waals surface area contributed by atoms with Gasteiger partial charge in [-0.1, -0.05) is 60.7 Å². The highest BCUT2D eigenvalue weighted by molar-refractivity contribution is 6.03. The van der Waals surface area contributed by atoms with Crippen LogP contribution < -0.4 is 5.32 Å². The van der Waals surface area contributed by atoms with Crippen LogP contribution in [-0.4, -0.2) is 4.92 Å². The van der Waals surface area contributed by atoms with Crippen molar-refractivity contribution in [2.24, 2.45) is 5.92 Å². The van der Waals surface area contributed by atoms with Gasteiger partial charge < -0.3 is 5.32 Å². The van der Waals surface area contributed by atoms with Gasteiger partial charge in [-0.15, -0.1) is 0 Å². The number of nitrogens with one attached hydrogen (secondary N) is 1. The second kappa shape index (κ2) is 6.42. The number of anilines is 1. The summed E-state index contributed by atoms with van der Waals surface area (Å²) in [5, 5.41) is 20.1. The molecule has 4 heteroatoms. The number of benzene rings is 4. The lowest BCUT2D eigenvalue weighted by Gasteiger charge is -2.38. The third kappa shape index (κ3) is 2.47. The summed E-state index contributed by atoms with van der Waals surface area (Å²) >= 11 is 0. The zero-order chi connectivity index (χ0) is 20.2. The quantitative estimate of drug-likeness (QED) is 0.178. The Kier molecular flexibility index (Phi) is 3.69. The maximum atomic E-state index is 11.3. The molecule has 4 nitrogen and oxygen atoms in total. The minimum atomic E-state index is -0.307. The molecule has 0 amide bonds. The second-order valence-electron chi connectivity index (χ2n) is 8.24. The molecule has 6 rings (SSSR count). The zero-order valence-electron chi connectivity index (χ0n) is 16.3. The second-order valence-corrected chi connectivity index (χ2v) is 8.24. The molecule has 0 radical (unpaired) electrons. The first-order chi connectivity index (χ1) is 14.7. The van der Waals surface area contributed by atoms with E-state index >= 15 is 0 Å². The Morgan fingerprint density at radius 2 is 1.60 bits per heavy atom. The van der Waals surface area contributed by atoms with Crippen LogP contribution in [0.2, 0.25) is 0 Å². The highest BCUT2D eigenvalue weighted by Gasteiger charge is 2.39. The molecule has 1 heterocycles. The third-order valence-electron chi connectivity index (χ3n) is 6.68. The summed E-state index contributed by atoms with van der Waals surface area (Å²) < 4.78 is 0. The van der Waals surface area contributed by atoms with E-state index in [-0.39, 0.29) is 22.6 Å². The number of hydrogen-bond acceptors (Lipinski definition) is 3. The molecule has 0 spiro atoms. The number of hydrogen-bond donors (Lipinski definition) is 1. The van der Waals surface area contributed by atoms with Crippen LogP contribution in [0.3, 0.4) is 0 Å². The molecule has 3 atom stereocenters. The fraction of sp³-hybridized carbons (Fsp3) is 0.154. The van der Waals surface area contributed by atoms with E-state index in [1.54, 1.807) is 12.1 Å². The van der Waals surface area contributed by atoms with E-state index in [2.05, 4.69) is 72.1 Å². The summed E-state index contributed by atoms with van der Waals surface area (Å²) in [5.74, 6) is 0.512. The van der Waals surface area contributed by atoms with Crippen LogP contribution in [0, 0.1) is 16.0 Å². The van der Waals surface area contributed by atoms with Crippen molar-refractivity contribution in [3.63, 3.8) is 0 Å². The van der Waals surface area contributed by atoms with Crippen LogP contribution in [0.15, 0.2) is 84.9 Å². The molecule has 2 aliphatic rings. The van der Waals surface area contributed by atoms with Gasteiger partial charge in [0.15, 0.2) is 0 Å². The zero-order valence-corrected chi connectivity index (χ0v) is 16.3. The lowest BCUT2D eigenvalue weighted by atomic mass is 9.75. The van der Waals surface area contributed by atoms with E-state index in [0.29, 0.717) is 5.92 Å². The first-order valence-electron chi connectivity index (χ1n) is 10.3. The van der Waals surface area contributed by atoms with Gasteiger partial charge in [0.1, 0.15) is 0 Å². The Morgan fingerprint density at radius 3 is 2.30 bits per heavy atom. The van der Waals surface area contributed by atoms with Crippen molar-refractivity contribution in [2.45, 2.75) is 18.4 Å². The normalized spacial score (nSPS) is 21.9. The van der Waals surface area contributed by atoms with Crippen LogP contribution in [0.4, 0.5) is 11.4 Å². The lowest BCUT2D eigenvalue weighted by molar-refractivity contribution is -0.384. The number of allylic oxidation sites excluding steroid dienone is 2. The molecule has 0 unspecified atom stereocenters. The topological polar surface area (TPSA) is 55.2 Å². The molecular formula is C26H20N2O2. The highest BCUT2D eigenvalue weighted by Crippen LogP contribution is 2.52. The molecule has 4 aromatic rings. The highest BCUT2D eigenvalue weighted by atomic mass is 16.6. The van der Waals surface area contributed by atoms with Crippen molar-refractivity contribution in [3.05, 3.63) is 106 Å². The van der Waals surface area contributed by atoms with Crippen molar-refractivity contribution >= 4 is 32.9 Å². The molecule has 0 fully saturated rings. The summed E-state index contributed by atoms with van der Waals surface area (Å²) in [6.45, 7) is 0. The number of nitro groups is 1. The molecule has 0 saturated carbocycles. The van der Waals surface area contributed by atoms with Crippen molar-refractivity contribution < 1.29 is 4.92 Å². The molecule has 1 aliphatic carbocycles. The summed E-state index contributed by atoms with van der Waals surface area (Å²) in [4.78, 5) is 11.0. The van der Waals surface area contributed by atoms with Gasteiger partial charge in [0, 0.05) is 23.7 Å². The van der Waals surface area contributed by atoms with Crippen LogP contribution >= 0.6 is 0 Å². The number of rotatable bonds is 2. The Balaban J connectivity index is 1.60. The van der Waals surface area contributed by atoms with Gasteiger partial charge in [0.25, 0.3) is 5.69 Å². The van der Waals surface area contributed by atoms with E-state index < -0.39 is 0 Å². The fourth-order valence-electron chi connectivity index (χ4n) is 5.37. The van der Waals surface area contributed by atoms with Crippen LogP contribution in [-0.2, 0) is 0 Å². The van der Waals surface area contributed by atoms with Gasteiger partial charge in [-0.2, -0.15) is 0 Å². The van der Waals surface area contributed by atoms with Crippen molar-refractivity contribution in [1.82, 2.24) is 0 Å². The van der Waals surface area contributed by atoms with E-state index in [1.807, 2.05) is 6.07 Å². The number of fused-ring (bicyclic) bond motifs is 5. The number of nitro benzene ring substituents is 1. The summed E-state index contributed by atoms with van der Waals surface area (Å²) in [6, 6.07) is 24.8.